The van der Waals surface area contributed by atoms with E-state index in [9.17, 15) is 8.42 Å². The van der Waals surface area contributed by atoms with Crippen molar-refractivity contribution in [2.45, 2.75) is 28.2 Å². The highest BCUT2D eigenvalue weighted by Crippen LogP contribution is 2.43. The van der Waals surface area contributed by atoms with Gasteiger partial charge >= 0.3 is 0 Å². The molecule has 2 atom stereocenters. The zero-order chi connectivity index (χ0) is 18.3. The Bertz CT molecular complexity index is 941. The predicted octanol–water partition coefficient (Wildman–Crippen LogP) is 2.37. The van der Waals surface area contributed by atoms with E-state index in [0.717, 1.165) is 30.8 Å². The Kier molecular flexibility index (Phi) is 4.28. The normalized spacial score (nSPS) is 21.5. The molecular weight excluding hydrogens is 354 g/mol. The topological polar surface area (TPSA) is 73.9 Å². The molecule has 2 unspecified atom stereocenters. The molecule has 0 spiro atoms. The van der Waals surface area contributed by atoms with Gasteiger partial charge in [0.2, 0.25) is 9.84 Å². The lowest BCUT2D eigenvalue weighted by Crippen LogP contribution is -2.39. The summed E-state index contributed by atoms with van der Waals surface area (Å²) in [5, 5.41) is 3.32. The molecule has 1 fully saturated rings. The third kappa shape index (κ3) is 2.71. The average Bonchev–Trinajstić information content (AvgIpc) is 3.05. The minimum absolute atomic E-state index is 0.0813. The molecule has 1 N–H and O–H groups in total. The maximum Gasteiger partial charge on any atom is 0.206 e. The number of benzene rings is 2. The Labute approximate surface area is 153 Å². The lowest BCUT2D eigenvalue weighted by molar-refractivity contribution is 0.177. The summed E-state index contributed by atoms with van der Waals surface area (Å²) in [5.74, 6) is 1.91. The highest BCUT2D eigenvalue weighted by Gasteiger charge is 2.37. The van der Waals surface area contributed by atoms with Gasteiger partial charge < -0.3 is 19.5 Å². The first-order valence-corrected chi connectivity index (χ1v) is 10.0. The molecule has 7 heteroatoms. The van der Waals surface area contributed by atoms with Crippen molar-refractivity contribution >= 4 is 9.84 Å². The van der Waals surface area contributed by atoms with Crippen LogP contribution < -0.4 is 19.5 Å². The molecular formula is C19H21NO5S. The maximum atomic E-state index is 13.1. The van der Waals surface area contributed by atoms with E-state index in [1.165, 1.54) is 26.4 Å². The van der Waals surface area contributed by atoms with Crippen molar-refractivity contribution in [1.82, 2.24) is 5.32 Å². The molecule has 0 radical (unpaired) electrons. The van der Waals surface area contributed by atoms with E-state index in [1.807, 2.05) is 0 Å². The summed E-state index contributed by atoms with van der Waals surface area (Å²) in [6.45, 7) is 1.70. The summed E-state index contributed by atoms with van der Waals surface area (Å²) in [6.07, 6.45) is 1.02. The average molecular weight is 375 g/mol. The number of sulfone groups is 1. The molecule has 0 amide bonds. The van der Waals surface area contributed by atoms with Crippen LogP contribution in [0.15, 0.2) is 46.2 Å². The Morgan fingerprint density at radius 1 is 1.04 bits per heavy atom. The van der Waals surface area contributed by atoms with Gasteiger partial charge in [0, 0.05) is 24.1 Å². The van der Waals surface area contributed by atoms with Crippen LogP contribution in [0.25, 0.3) is 0 Å². The monoisotopic (exact) mass is 375 g/mol. The van der Waals surface area contributed by atoms with Gasteiger partial charge in [-0.3, -0.25) is 0 Å². The lowest BCUT2D eigenvalue weighted by Gasteiger charge is -2.24. The molecule has 2 aromatic rings. The largest absolute Gasteiger partial charge is 0.493 e. The van der Waals surface area contributed by atoms with Crippen molar-refractivity contribution in [3.63, 3.8) is 0 Å². The fraction of sp³-hybridized carbons (Fsp3) is 0.368. The van der Waals surface area contributed by atoms with Crippen molar-refractivity contribution in [3.05, 3.63) is 42.0 Å². The molecule has 0 aromatic heterocycles. The zero-order valence-electron chi connectivity index (χ0n) is 14.7. The number of methoxy groups -OCH3 is 2. The molecule has 2 heterocycles. The second-order valence-electron chi connectivity index (χ2n) is 6.48. The van der Waals surface area contributed by atoms with Crippen LogP contribution in [0.5, 0.6) is 17.2 Å². The fourth-order valence-corrected chi connectivity index (χ4v) is 4.99. The van der Waals surface area contributed by atoms with Crippen LogP contribution in [0.4, 0.5) is 0 Å². The van der Waals surface area contributed by atoms with E-state index in [0.29, 0.717) is 11.5 Å². The molecule has 2 aliphatic rings. The van der Waals surface area contributed by atoms with Gasteiger partial charge in [0.15, 0.2) is 11.5 Å². The molecule has 1 saturated heterocycles. The van der Waals surface area contributed by atoms with Crippen LogP contribution >= 0.6 is 0 Å². The highest BCUT2D eigenvalue weighted by molar-refractivity contribution is 7.91. The Balaban J connectivity index is 1.74. The quantitative estimate of drug-likeness (QED) is 0.884. The molecule has 2 aliphatic heterocycles. The van der Waals surface area contributed by atoms with Crippen molar-refractivity contribution < 1.29 is 22.6 Å². The summed E-state index contributed by atoms with van der Waals surface area (Å²) in [4.78, 5) is 0.446. The van der Waals surface area contributed by atoms with Crippen molar-refractivity contribution in [3.8, 4) is 17.2 Å². The van der Waals surface area contributed by atoms with Crippen molar-refractivity contribution in [2.75, 3.05) is 27.3 Å². The zero-order valence-corrected chi connectivity index (χ0v) is 15.5. The Morgan fingerprint density at radius 3 is 2.54 bits per heavy atom. The van der Waals surface area contributed by atoms with Gasteiger partial charge in [-0.15, -0.1) is 0 Å². The van der Waals surface area contributed by atoms with Crippen LogP contribution in [0.3, 0.4) is 0 Å². The third-order valence-corrected chi connectivity index (χ3v) is 6.81. The minimum atomic E-state index is -3.66. The van der Waals surface area contributed by atoms with Crippen LogP contribution in [0, 0.1) is 0 Å². The van der Waals surface area contributed by atoms with E-state index in [1.54, 1.807) is 24.3 Å². The number of rotatable bonds is 4. The van der Waals surface area contributed by atoms with Crippen molar-refractivity contribution in [1.29, 1.82) is 0 Å². The van der Waals surface area contributed by atoms with Crippen molar-refractivity contribution in [2.24, 2.45) is 0 Å². The van der Waals surface area contributed by atoms with Gasteiger partial charge in [0.05, 0.1) is 24.0 Å². The second-order valence-corrected chi connectivity index (χ2v) is 8.43. The second kappa shape index (κ2) is 6.48. The molecule has 4 rings (SSSR count). The molecule has 2 aromatic carbocycles. The smallest absolute Gasteiger partial charge is 0.206 e. The molecule has 0 saturated carbocycles. The number of ether oxygens (including phenoxy) is 3. The summed E-state index contributed by atoms with van der Waals surface area (Å²) >= 11 is 0. The molecule has 138 valence electrons. The minimum Gasteiger partial charge on any atom is -0.493 e. The lowest BCUT2D eigenvalue weighted by atomic mass is 9.90. The Morgan fingerprint density at radius 2 is 1.77 bits per heavy atom. The van der Waals surface area contributed by atoms with Gasteiger partial charge in [-0.05, 0) is 43.3 Å². The third-order valence-electron chi connectivity index (χ3n) is 5.06. The first-order valence-electron chi connectivity index (χ1n) is 8.53. The van der Waals surface area contributed by atoms with E-state index >= 15 is 0 Å². The van der Waals surface area contributed by atoms with Gasteiger partial charge in [0.1, 0.15) is 11.9 Å². The molecule has 0 bridgehead atoms. The number of hydrogen-bond acceptors (Lipinski definition) is 6. The summed E-state index contributed by atoms with van der Waals surface area (Å²) in [5.41, 5.74) is 0.984. The van der Waals surface area contributed by atoms with Crippen LogP contribution in [0.2, 0.25) is 0 Å². The predicted molar refractivity (Wildman–Crippen MR) is 96.1 cm³/mol. The van der Waals surface area contributed by atoms with Crippen LogP contribution in [0.1, 0.15) is 17.9 Å². The van der Waals surface area contributed by atoms with E-state index in [-0.39, 0.29) is 21.8 Å². The number of piperidine rings is 1. The number of hydrogen-bond donors (Lipinski definition) is 1. The highest BCUT2D eigenvalue weighted by atomic mass is 32.2. The first kappa shape index (κ1) is 17.2. The fourth-order valence-electron chi connectivity index (χ4n) is 3.68. The number of fused-ring (bicyclic) bond motifs is 3. The van der Waals surface area contributed by atoms with E-state index in [4.69, 9.17) is 14.2 Å². The van der Waals surface area contributed by atoms with E-state index < -0.39 is 9.84 Å². The van der Waals surface area contributed by atoms with Crippen LogP contribution in [-0.2, 0) is 9.84 Å². The van der Waals surface area contributed by atoms with Gasteiger partial charge in [-0.1, -0.05) is 0 Å². The molecule has 0 aliphatic carbocycles. The molecule has 6 nitrogen and oxygen atoms in total. The SMILES string of the molecule is COc1ccc(S(=O)(=O)c2ccc3c(c2)C2CCNCC2O3)cc1OC. The van der Waals surface area contributed by atoms with Gasteiger partial charge in [-0.2, -0.15) is 0 Å². The summed E-state index contributed by atoms with van der Waals surface area (Å²) < 4.78 is 42.6. The summed E-state index contributed by atoms with van der Waals surface area (Å²) in [7, 11) is -0.662. The standard InChI is InChI=1S/C19H21NO5S/c1-23-17-6-4-13(10-18(17)24-2)26(21,22)12-3-5-16-15(9-12)14-7-8-20-11-19(14)25-16/h3-6,9-10,14,19-20H,7-8,11H2,1-2H3. The first-order chi connectivity index (χ1) is 12.5. The van der Waals surface area contributed by atoms with Gasteiger partial charge in [0.25, 0.3) is 0 Å². The van der Waals surface area contributed by atoms with Gasteiger partial charge in [-0.25, -0.2) is 8.42 Å². The van der Waals surface area contributed by atoms with Crippen LogP contribution in [-0.4, -0.2) is 41.8 Å². The maximum absolute atomic E-state index is 13.1. The van der Waals surface area contributed by atoms with E-state index in [2.05, 4.69) is 5.32 Å². The summed E-state index contributed by atoms with van der Waals surface area (Å²) in [6, 6.07) is 9.76. The molecule has 26 heavy (non-hydrogen) atoms. The number of nitrogens with one attached hydrogen (secondary N) is 1. The Hall–Kier alpha value is -2.25.